The van der Waals surface area contributed by atoms with Crippen molar-refractivity contribution in [1.82, 2.24) is 9.62 Å². The highest BCUT2D eigenvalue weighted by molar-refractivity contribution is 7.88. The first kappa shape index (κ1) is 14.7. The summed E-state index contributed by atoms with van der Waals surface area (Å²) < 4.78 is 30.1. The summed E-state index contributed by atoms with van der Waals surface area (Å²) in [6.45, 7) is 1.67. The minimum Gasteiger partial charge on any atom is -0.376 e. The van der Waals surface area contributed by atoms with E-state index in [1.54, 1.807) is 0 Å². The predicted octanol–water partition coefficient (Wildman–Crippen LogP) is 0.0957. The second-order valence-electron chi connectivity index (χ2n) is 5.27. The third kappa shape index (κ3) is 3.90. The lowest BCUT2D eigenvalue weighted by atomic mass is 10.0. The highest BCUT2D eigenvalue weighted by Crippen LogP contribution is 2.20. The number of sulfonamides is 1. The number of hydrogen-bond acceptors (Lipinski definition) is 4. The lowest BCUT2D eigenvalue weighted by Crippen LogP contribution is -2.52. The summed E-state index contributed by atoms with van der Waals surface area (Å²) in [6.07, 6.45) is 5.55. The topological polar surface area (TPSA) is 75.7 Å². The van der Waals surface area contributed by atoms with E-state index in [0.717, 1.165) is 32.3 Å². The molecule has 0 bridgehead atoms. The number of ether oxygens (including phenoxy) is 1. The number of hydrogen-bond donors (Lipinski definition) is 1. The van der Waals surface area contributed by atoms with Crippen molar-refractivity contribution in [3.8, 4) is 0 Å². The van der Waals surface area contributed by atoms with Gasteiger partial charge in [-0.05, 0) is 25.7 Å². The zero-order valence-electron chi connectivity index (χ0n) is 11.3. The smallest absolute Gasteiger partial charge is 0.238 e. The molecule has 0 radical (unpaired) electrons. The lowest BCUT2D eigenvalue weighted by molar-refractivity contribution is -0.126. The van der Waals surface area contributed by atoms with Gasteiger partial charge in [0, 0.05) is 19.7 Å². The van der Waals surface area contributed by atoms with Crippen LogP contribution in [-0.4, -0.2) is 56.7 Å². The third-order valence-electron chi connectivity index (χ3n) is 3.71. The molecule has 110 valence electrons. The Morgan fingerprint density at radius 2 is 2.11 bits per heavy atom. The van der Waals surface area contributed by atoms with Crippen LogP contribution in [0.25, 0.3) is 0 Å². The number of amides is 1. The van der Waals surface area contributed by atoms with Gasteiger partial charge >= 0.3 is 0 Å². The van der Waals surface area contributed by atoms with Crippen LogP contribution in [0.4, 0.5) is 0 Å². The van der Waals surface area contributed by atoms with Gasteiger partial charge in [0.1, 0.15) is 6.04 Å². The average Bonchev–Trinajstić information content (AvgIpc) is 2.88. The summed E-state index contributed by atoms with van der Waals surface area (Å²) in [5.74, 6) is -0.194. The fourth-order valence-electron chi connectivity index (χ4n) is 2.70. The maximum atomic E-state index is 12.1. The Kier molecular flexibility index (Phi) is 4.81. The van der Waals surface area contributed by atoms with Gasteiger partial charge in [0.15, 0.2) is 0 Å². The minimum absolute atomic E-state index is 0.0826. The molecule has 0 saturated carbocycles. The van der Waals surface area contributed by atoms with Gasteiger partial charge in [0.2, 0.25) is 15.9 Å². The van der Waals surface area contributed by atoms with Gasteiger partial charge in [0.25, 0.3) is 0 Å². The van der Waals surface area contributed by atoms with E-state index in [9.17, 15) is 13.2 Å². The predicted molar refractivity (Wildman–Crippen MR) is 71.2 cm³/mol. The number of nitrogens with one attached hydrogen (secondary N) is 1. The van der Waals surface area contributed by atoms with Gasteiger partial charge in [-0.1, -0.05) is 6.42 Å². The van der Waals surface area contributed by atoms with Crippen LogP contribution in [0, 0.1) is 0 Å². The zero-order valence-corrected chi connectivity index (χ0v) is 12.1. The fourth-order valence-corrected chi connectivity index (χ4v) is 3.83. The van der Waals surface area contributed by atoms with Crippen LogP contribution in [-0.2, 0) is 19.6 Å². The van der Waals surface area contributed by atoms with E-state index in [1.165, 1.54) is 10.6 Å². The van der Waals surface area contributed by atoms with Crippen molar-refractivity contribution >= 4 is 15.9 Å². The number of nitrogens with zero attached hydrogens (tertiary/aromatic N) is 1. The molecule has 19 heavy (non-hydrogen) atoms. The van der Waals surface area contributed by atoms with Gasteiger partial charge in [0.05, 0.1) is 12.4 Å². The van der Waals surface area contributed by atoms with Crippen LogP contribution in [0.15, 0.2) is 0 Å². The first-order valence-corrected chi connectivity index (χ1v) is 8.69. The quantitative estimate of drug-likeness (QED) is 0.796. The van der Waals surface area contributed by atoms with Crippen LogP contribution >= 0.6 is 0 Å². The lowest BCUT2D eigenvalue weighted by Gasteiger charge is -2.32. The van der Waals surface area contributed by atoms with Crippen molar-refractivity contribution in [2.75, 3.05) is 26.0 Å². The normalized spacial score (nSPS) is 29.3. The van der Waals surface area contributed by atoms with E-state index in [-0.39, 0.29) is 12.0 Å². The summed E-state index contributed by atoms with van der Waals surface area (Å²) in [5, 5.41) is 2.83. The maximum Gasteiger partial charge on any atom is 0.238 e. The second-order valence-corrected chi connectivity index (χ2v) is 7.20. The van der Waals surface area contributed by atoms with Crippen molar-refractivity contribution in [1.29, 1.82) is 0 Å². The van der Waals surface area contributed by atoms with Gasteiger partial charge < -0.3 is 10.1 Å². The molecule has 7 heteroatoms. The van der Waals surface area contributed by atoms with Crippen molar-refractivity contribution in [2.45, 2.75) is 44.2 Å². The molecular weight excluding hydrogens is 268 g/mol. The number of carbonyl (C=O) groups is 1. The van der Waals surface area contributed by atoms with Crippen molar-refractivity contribution in [2.24, 2.45) is 0 Å². The Labute approximate surface area is 114 Å². The molecular formula is C12H22N2O4S. The molecule has 0 aromatic rings. The summed E-state index contributed by atoms with van der Waals surface area (Å²) >= 11 is 0. The number of rotatable bonds is 4. The van der Waals surface area contributed by atoms with E-state index < -0.39 is 16.1 Å². The van der Waals surface area contributed by atoms with Crippen LogP contribution in [0.5, 0.6) is 0 Å². The molecule has 0 aromatic carbocycles. The molecule has 1 amide bonds. The summed E-state index contributed by atoms with van der Waals surface area (Å²) in [6, 6.07) is -0.551. The Hall–Kier alpha value is -0.660. The Balaban J connectivity index is 1.91. The standard InChI is InChI=1S/C12H22N2O4S/c1-19(16,17)14-7-3-2-6-11(14)12(15)13-9-10-5-4-8-18-10/h10-11H,2-9H2,1H3,(H,13,15)/t10-,11+/m1/s1. The van der Waals surface area contributed by atoms with Crippen molar-refractivity contribution in [3.63, 3.8) is 0 Å². The molecule has 2 fully saturated rings. The Morgan fingerprint density at radius 3 is 2.74 bits per heavy atom. The molecule has 6 nitrogen and oxygen atoms in total. The molecule has 0 aromatic heterocycles. The van der Waals surface area contributed by atoms with E-state index in [1.807, 2.05) is 0 Å². The molecule has 1 N–H and O–H groups in total. The number of carbonyl (C=O) groups excluding carboxylic acids is 1. The highest BCUT2D eigenvalue weighted by Gasteiger charge is 2.34. The molecule has 2 atom stereocenters. The Morgan fingerprint density at radius 1 is 1.32 bits per heavy atom. The van der Waals surface area contributed by atoms with E-state index in [2.05, 4.69) is 5.32 Å². The molecule has 0 unspecified atom stereocenters. The van der Waals surface area contributed by atoms with E-state index in [4.69, 9.17) is 4.74 Å². The molecule has 0 spiro atoms. The average molecular weight is 290 g/mol. The molecule has 2 aliphatic heterocycles. The van der Waals surface area contributed by atoms with Crippen LogP contribution < -0.4 is 5.32 Å². The second kappa shape index (κ2) is 6.19. The minimum atomic E-state index is -3.32. The molecule has 2 aliphatic rings. The molecule has 2 rings (SSSR count). The van der Waals surface area contributed by atoms with Crippen LogP contribution in [0.2, 0.25) is 0 Å². The van der Waals surface area contributed by atoms with Gasteiger partial charge in [-0.15, -0.1) is 0 Å². The Bertz CT molecular complexity index is 417. The SMILES string of the molecule is CS(=O)(=O)N1CCCC[C@H]1C(=O)NC[C@H]1CCCO1. The van der Waals surface area contributed by atoms with E-state index >= 15 is 0 Å². The summed E-state index contributed by atoms with van der Waals surface area (Å²) in [4.78, 5) is 12.1. The van der Waals surface area contributed by atoms with Crippen molar-refractivity contribution in [3.05, 3.63) is 0 Å². The monoisotopic (exact) mass is 290 g/mol. The first-order chi connectivity index (χ1) is 8.98. The van der Waals surface area contributed by atoms with Gasteiger partial charge in [-0.2, -0.15) is 4.31 Å². The molecule has 0 aliphatic carbocycles. The first-order valence-electron chi connectivity index (χ1n) is 6.84. The van der Waals surface area contributed by atoms with E-state index in [0.29, 0.717) is 19.5 Å². The number of piperidine rings is 1. The third-order valence-corrected chi connectivity index (χ3v) is 5.00. The zero-order chi connectivity index (χ0) is 13.9. The van der Waals surface area contributed by atoms with Crippen LogP contribution in [0.3, 0.4) is 0 Å². The maximum absolute atomic E-state index is 12.1. The van der Waals surface area contributed by atoms with Gasteiger partial charge in [-0.25, -0.2) is 8.42 Å². The largest absolute Gasteiger partial charge is 0.376 e. The van der Waals surface area contributed by atoms with Gasteiger partial charge in [-0.3, -0.25) is 4.79 Å². The molecule has 2 saturated heterocycles. The highest BCUT2D eigenvalue weighted by atomic mass is 32.2. The summed E-state index contributed by atoms with van der Waals surface area (Å²) in [7, 11) is -3.32. The fraction of sp³-hybridized carbons (Fsp3) is 0.917. The van der Waals surface area contributed by atoms with Crippen LogP contribution in [0.1, 0.15) is 32.1 Å². The van der Waals surface area contributed by atoms with Crippen molar-refractivity contribution < 1.29 is 17.9 Å². The molecule has 2 heterocycles. The summed E-state index contributed by atoms with van der Waals surface area (Å²) in [5.41, 5.74) is 0.